The fourth-order valence-corrected chi connectivity index (χ4v) is 2.19. The third-order valence-electron chi connectivity index (χ3n) is 3.09. The summed E-state index contributed by atoms with van der Waals surface area (Å²) in [5.41, 5.74) is 1.07. The van der Waals surface area contributed by atoms with E-state index in [1.807, 2.05) is 0 Å². The fourth-order valence-electron chi connectivity index (χ4n) is 2.19. The Labute approximate surface area is 109 Å². The SMILES string of the molecule is CCC(NC(CO)CC(C)C)c1ccc(F)cc1. The highest BCUT2D eigenvalue weighted by Gasteiger charge is 2.16. The molecule has 2 unspecified atom stereocenters. The van der Waals surface area contributed by atoms with Crippen molar-refractivity contribution in [1.29, 1.82) is 0 Å². The maximum atomic E-state index is 12.9. The molecular formula is C15H24FNO. The third-order valence-corrected chi connectivity index (χ3v) is 3.09. The highest BCUT2D eigenvalue weighted by Crippen LogP contribution is 2.19. The molecule has 102 valence electrons. The van der Waals surface area contributed by atoms with E-state index in [2.05, 4.69) is 26.1 Å². The van der Waals surface area contributed by atoms with Crippen LogP contribution in [-0.4, -0.2) is 17.8 Å². The Kier molecular flexibility index (Phi) is 6.30. The molecule has 3 heteroatoms. The van der Waals surface area contributed by atoms with Gasteiger partial charge in [0.15, 0.2) is 0 Å². The molecule has 2 atom stereocenters. The molecule has 1 aromatic carbocycles. The van der Waals surface area contributed by atoms with Crippen LogP contribution in [0.1, 0.15) is 45.2 Å². The van der Waals surface area contributed by atoms with E-state index in [4.69, 9.17) is 0 Å². The largest absolute Gasteiger partial charge is 0.395 e. The van der Waals surface area contributed by atoms with Crippen LogP contribution in [0.3, 0.4) is 0 Å². The third kappa shape index (κ3) is 4.75. The number of rotatable bonds is 7. The van der Waals surface area contributed by atoms with Gasteiger partial charge in [-0.05, 0) is 36.5 Å². The minimum atomic E-state index is -0.213. The van der Waals surface area contributed by atoms with Crippen molar-refractivity contribution >= 4 is 0 Å². The molecule has 0 amide bonds. The molecule has 1 rings (SSSR count). The van der Waals surface area contributed by atoms with Gasteiger partial charge >= 0.3 is 0 Å². The van der Waals surface area contributed by atoms with Gasteiger partial charge in [0.2, 0.25) is 0 Å². The zero-order valence-corrected chi connectivity index (χ0v) is 11.5. The first-order chi connectivity index (χ1) is 8.56. The molecular weight excluding hydrogens is 229 g/mol. The molecule has 18 heavy (non-hydrogen) atoms. The molecule has 0 bridgehead atoms. The highest BCUT2D eigenvalue weighted by molar-refractivity contribution is 5.20. The van der Waals surface area contributed by atoms with Gasteiger partial charge in [0, 0.05) is 12.1 Å². The van der Waals surface area contributed by atoms with Gasteiger partial charge in [-0.3, -0.25) is 0 Å². The fraction of sp³-hybridized carbons (Fsp3) is 0.600. The Balaban J connectivity index is 2.68. The summed E-state index contributed by atoms with van der Waals surface area (Å²) in [5, 5.41) is 12.8. The average molecular weight is 253 g/mol. The summed E-state index contributed by atoms with van der Waals surface area (Å²) in [5.74, 6) is 0.329. The lowest BCUT2D eigenvalue weighted by atomic mass is 9.99. The van der Waals surface area contributed by atoms with Crippen molar-refractivity contribution in [3.05, 3.63) is 35.6 Å². The van der Waals surface area contributed by atoms with Gasteiger partial charge in [0.05, 0.1) is 6.61 Å². The van der Waals surface area contributed by atoms with Crippen LogP contribution in [0, 0.1) is 11.7 Å². The monoisotopic (exact) mass is 253 g/mol. The van der Waals surface area contributed by atoms with Gasteiger partial charge in [0.25, 0.3) is 0 Å². The van der Waals surface area contributed by atoms with E-state index in [9.17, 15) is 9.50 Å². The molecule has 0 aliphatic rings. The van der Waals surface area contributed by atoms with E-state index in [-0.39, 0.29) is 24.5 Å². The predicted molar refractivity (Wildman–Crippen MR) is 72.9 cm³/mol. The van der Waals surface area contributed by atoms with E-state index < -0.39 is 0 Å². The Hall–Kier alpha value is -0.930. The minimum Gasteiger partial charge on any atom is -0.395 e. The van der Waals surface area contributed by atoms with Crippen molar-refractivity contribution in [2.24, 2.45) is 5.92 Å². The van der Waals surface area contributed by atoms with Crippen molar-refractivity contribution in [2.45, 2.75) is 45.7 Å². The van der Waals surface area contributed by atoms with Crippen molar-refractivity contribution in [2.75, 3.05) is 6.61 Å². The number of benzene rings is 1. The van der Waals surface area contributed by atoms with Crippen LogP contribution in [-0.2, 0) is 0 Å². The summed E-state index contributed by atoms with van der Waals surface area (Å²) in [6.07, 6.45) is 1.86. The minimum absolute atomic E-state index is 0.0972. The summed E-state index contributed by atoms with van der Waals surface area (Å²) < 4.78 is 12.9. The first kappa shape index (κ1) is 15.1. The van der Waals surface area contributed by atoms with Crippen LogP contribution in [0.4, 0.5) is 4.39 Å². The van der Waals surface area contributed by atoms with Gasteiger partial charge in [-0.1, -0.05) is 32.9 Å². The Bertz CT molecular complexity index is 337. The predicted octanol–water partition coefficient (Wildman–Crippen LogP) is 3.27. The van der Waals surface area contributed by atoms with Crippen LogP contribution >= 0.6 is 0 Å². The number of hydrogen-bond donors (Lipinski definition) is 2. The zero-order chi connectivity index (χ0) is 13.5. The highest BCUT2D eigenvalue weighted by atomic mass is 19.1. The molecule has 0 saturated heterocycles. The Morgan fingerprint density at radius 2 is 1.83 bits per heavy atom. The number of halogens is 1. The molecule has 2 N–H and O–H groups in total. The molecule has 0 aromatic heterocycles. The standard InChI is InChI=1S/C15H24FNO/c1-4-15(12-5-7-13(16)8-6-12)17-14(10-18)9-11(2)3/h5-8,11,14-15,17-18H,4,9-10H2,1-3H3. The summed E-state index contributed by atoms with van der Waals surface area (Å²) in [6.45, 7) is 6.51. The van der Waals surface area contributed by atoms with Crippen molar-refractivity contribution in [3.8, 4) is 0 Å². The molecule has 0 heterocycles. The van der Waals surface area contributed by atoms with Crippen LogP contribution in [0.5, 0.6) is 0 Å². The van der Waals surface area contributed by atoms with Gasteiger partial charge in [0.1, 0.15) is 5.82 Å². The summed E-state index contributed by atoms with van der Waals surface area (Å²) in [7, 11) is 0. The Morgan fingerprint density at radius 3 is 2.28 bits per heavy atom. The number of nitrogens with one attached hydrogen (secondary N) is 1. The van der Waals surface area contributed by atoms with Crippen molar-refractivity contribution in [1.82, 2.24) is 5.32 Å². The molecule has 0 spiro atoms. The van der Waals surface area contributed by atoms with Gasteiger partial charge in [-0.2, -0.15) is 0 Å². The van der Waals surface area contributed by atoms with Gasteiger partial charge in [-0.25, -0.2) is 4.39 Å². The first-order valence-corrected chi connectivity index (χ1v) is 6.69. The number of aliphatic hydroxyl groups is 1. The maximum absolute atomic E-state index is 12.9. The molecule has 0 saturated carbocycles. The first-order valence-electron chi connectivity index (χ1n) is 6.69. The molecule has 0 radical (unpaired) electrons. The lowest BCUT2D eigenvalue weighted by Gasteiger charge is -2.25. The van der Waals surface area contributed by atoms with Crippen molar-refractivity contribution in [3.63, 3.8) is 0 Å². The second-order valence-corrected chi connectivity index (χ2v) is 5.19. The Morgan fingerprint density at radius 1 is 1.22 bits per heavy atom. The normalized spacial score (nSPS) is 14.8. The second kappa shape index (κ2) is 7.49. The zero-order valence-electron chi connectivity index (χ0n) is 11.5. The lowest BCUT2D eigenvalue weighted by Crippen LogP contribution is -2.36. The molecule has 2 nitrogen and oxygen atoms in total. The average Bonchev–Trinajstić information content (AvgIpc) is 2.35. The smallest absolute Gasteiger partial charge is 0.123 e. The van der Waals surface area contributed by atoms with Crippen molar-refractivity contribution < 1.29 is 9.50 Å². The summed E-state index contributed by atoms with van der Waals surface area (Å²) in [4.78, 5) is 0. The summed E-state index contributed by atoms with van der Waals surface area (Å²) in [6, 6.07) is 6.84. The van der Waals surface area contributed by atoms with Crippen LogP contribution in [0.2, 0.25) is 0 Å². The summed E-state index contributed by atoms with van der Waals surface area (Å²) >= 11 is 0. The maximum Gasteiger partial charge on any atom is 0.123 e. The molecule has 0 aliphatic heterocycles. The topological polar surface area (TPSA) is 32.3 Å². The molecule has 1 aromatic rings. The lowest BCUT2D eigenvalue weighted by molar-refractivity contribution is 0.211. The van der Waals surface area contributed by atoms with Crippen LogP contribution in [0.25, 0.3) is 0 Å². The van der Waals surface area contributed by atoms with Crippen LogP contribution < -0.4 is 5.32 Å². The van der Waals surface area contributed by atoms with E-state index in [0.717, 1.165) is 18.4 Å². The second-order valence-electron chi connectivity index (χ2n) is 5.19. The number of hydrogen-bond acceptors (Lipinski definition) is 2. The van der Waals surface area contributed by atoms with E-state index >= 15 is 0 Å². The van der Waals surface area contributed by atoms with E-state index in [0.29, 0.717) is 5.92 Å². The van der Waals surface area contributed by atoms with E-state index in [1.54, 1.807) is 12.1 Å². The number of aliphatic hydroxyl groups excluding tert-OH is 1. The van der Waals surface area contributed by atoms with Gasteiger partial charge < -0.3 is 10.4 Å². The molecule has 0 aliphatic carbocycles. The quantitative estimate of drug-likeness (QED) is 0.781. The molecule has 0 fully saturated rings. The van der Waals surface area contributed by atoms with Gasteiger partial charge in [-0.15, -0.1) is 0 Å². The van der Waals surface area contributed by atoms with E-state index in [1.165, 1.54) is 12.1 Å². The van der Waals surface area contributed by atoms with Crippen LogP contribution in [0.15, 0.2) is 24.3 Å².